The molecule has 1 aliphatic carbocycles. The van der Waals surface area contributed by atoms with Gasteiger partial charge in [-0.1, -0.05) is 12.8 Å². The monoisotopic (exact) mass is 285 g/mol. The fraction of sp³-hybridized carbons (Fsp3) is 0.462. The van der Waals surface area contributed by atoms with Crippen LogP contribution in [0.3, 0.4) is 0 Å². The van der Waals surface area contributed by atoms with Crippen LogP contribution >= 0.6 is 0 Å². The molecule has 0 amide bonds. The van der Waals surface area contributed by atoms with E-state index < -0.39 is 37.5 Å². The Morgan fingerprint density at radius 2 is 1.89 bits per heavy atom. The van der Waals surface area contributed by atoms with E-state index in [0.29, 0.717) is 25.3 Å². The Morgan fingerprint density at radius 1 is 1.21 bits per heavy atom. The van der Waals surface area contributed by atoms with Gasteiger partial charge in [0.25, 0.3) is 0 Å². The van der Waals surface area contributed by atoms with Crippen LogP contribution in [0.2, 0.25) is 0 Å². The molecule has 0 N–H and O–H groups in total. The molecule has 3 nitrogen and oxygen atoms in total. The molecule has 0 aliphatic heterocycles. The number of hydrogen-bond acceptors (Lipinski definition) is 3. The molecule has 19 heavy (non-hydrogen) atoms. The molecular weight excluding hydrogens is 272 g/mol. The number of nitrogens with zero attached hydrogens (tertiary/aromatic N) is 1. The molecular formula is C13H13F2NO2S. The summed E-state index contributed by atoms with van der Waals surface area (Å²) in [6.45, 7) is 0. The van der Waals surface area contributed by atoms with Crippen molar-refractivity contribution in [2.75, 3.05) is 0 Å². The molecule has 1 aromatic carbocycles. The van der Waals surface area contributed by atoms with Gasteiger partial charge in [-0.05, 0) is 31.0 Å². The van der Waals surface area contributed by atoms with E-state index in [1.54, 1.807) is 0 Å². The second-order valence-corrected chi connectivity index (χ2v) is 6.81. The number of nitriles is 1. The third kappa shape index (κ3) is 2.61. The smallest absolute Gasteiger partial charge is 0.185 e. The maximum Gasteiger partial charge on any atom is 0.185 e. The minimum atomic E-state index is -4.01. The summed E-state index contributed by atoms with van der Waals surface area (Å²) in [5.41, 5.74) is 0. The van der Waals surface area contributed by atoms with Gasteiger partial charge in [-0.2, -0.15) is 5.26 Å². The van der Waals surface area contributed by atoms with Crippen LogP contribution in [-0.4, -0.2) is 13.7 Å². The Balaban J connectivity index is 2.47. The normalized spacial score (nSPS) is 23.8. The summed E-state index contributed by atoms with van der Waals surface area (Å²) >= 11 is 0. The van der Waals surface area contributed by atoms with E-state index in [9.17, 15) is 17.2 Å². The van der Waals surface area contributed by atoms with Gasteiger partial charge < -0.3 is 0 Å². The first-order valence-electron chi connectivity index (χ1n) is 6.05. The number of sulfone groups is 1. The van der Waals surface area contributed by atoms with Crippen LogP contribution in [0.1, 0.15) is 25.7 Å². The first kappa shape index (κ1) is 13.9. The zero-order chi connectivity index (χ0) is 14.0. The van der Waals surface area contributed by atoms with Crippen LogP contribution < -0.4 is 0 Å². The van der Waals surface area contributed by atoms with E-state index in [1.165, 1.54) is 0 Å². The van der Waals surface area contributed by atoms with E-state index in [4.69, 9.17) is 5.26 Å². The van der Waals surface area contributed by atoms with Crippen molar-refractivity contribution in [2.24, 2.45) is 5.92 Å². The lowest BCUT2D eigenvalue weighted by molar-refractivity contribution is 0.416. The molecule has 0 saturated heterocycles. The number of rotatable bonds is 2. The molecule has 2 unspecified atom stereocenters. The van der Waals surface area contributed by atoms with Gasteiger partial charge in [0.2, 0.25) is 0 Å². The molecule has 2 atom stereocenters. The number of halogens is 2. The Kier molecular flexibility index (Phi) is 3.85. The second-order valence-electron chi connectivity index (χ2n) is 4.68. The highest BCUT2D eigenvalue weighted by molar-refractivity contribution is 7.92. The molecule has 1 aromatic rings. The molecule has 1 saturated carbocycles. The molecule has 1 aliphatic rings. The minimum Gasteiger partial charge on any atom is -0.223 e. The summed E-state index contributed by atoms with van der Waals surface area (Å²) < 4.78 is 51.5. The van der Waals surface area contributed by atoms with Crippen LogP contribution in [0.15, 0.2) is 23.1 Å². The summed E-state index contributed by atoms with van der Waals surface area (Å²) in [4.78, 5) is -0.639. The largest absolute Gasteiger partial charge is 0.223 e. The molecule has 0 radical (unpaired) electrons. The van der Waals surface area contributed by atoms with Crippen molar-refractivity contribution in [1.29, 1.82) is 5.26 Å². The Hall–Kier alpha value is -1.48. The van der Waals surface area contributed by atoms with Gasteiger partial charge in [-0.3, -0.25) is 0 Å². The van der Waals surface area contributed by atoms with Gasteiger partial charge in [0.15, 0.2) is 9.84 Å². The maximum absolute atomic E-state index is 13.6. The standard InChI is InChI=1S/C13H13F2NO2S/c14-10-5-6-11(15)13(7-10)19(17,18)12-4-2-1-3-9(12)8-16/h5-7,9,12H,1-4H2. The lowest BCUT2D eigenvalue weighted by atomic mass is 9.90. The van der Waals surface area contributed by atoms with Crippen LogP contribution in [-0.2, 0) is 9.84 Å². The molecule has 0 spiro atoms. The van der Waals surface area contributed by atoms with Crippen molar-refractivity contribution >= 4 is 9.84 Å². The Bertz CT molecular complexity index is 622. The fourth-order valence-corrected chi connectivity index (χ4v) is 4.52. The number of benzene rings is 1. The highest BCUT2D eigenvalue weighted by atomic mass is 32.2. The molecule has 2 rings (SSSR count). The lowest BCUT2D eigenvalue weighted by Gasteiger charge is -2.26. The van der Waals surface area contributed by atoms with Gasteiger partial charge >= 0.3 is 0 Å². The Labute approximate surface area is 110 Å². The summed E-state index contributed by atoms with van der Waals surface area (Å²) in [6.07, 6.45) is 2.27. The van der Waals surface area contributed by atoms with Crippen molar-refractivity contribution in [1.82, 2.24) is 0 Å². The highest BCUT2D eigenvalue weighted by Gasteiger charge is 2.38. The van der Waals surface area contributed by atoms with Crippen LogP contribution in [0, 0.1) is 28.9 Å². The quantitative estimate of drug-likeness (QED) is 0.839. The molecule has 0 aromatic heterocycles. The third-order valence-corrected chi connectivity index (χ3v) is 5.75. The first-order chi connectivity index (χ1) is 8.96. The minimum absolute atomic E-state index is 0.316. The van der Waals surface area contributed by atoms with Crippen molar-refractivity contribution in [2.45, 2.75) is 35.8 Å². The summed E-state index contributed by atoms with van der Waals surface area (Å²) in [5, 5.41) is 8.07. The predicted octanol–water partition coefficient (Wildman–Crippen LogP) is 2.82. The van der Waals surface area contributed by atoms with E-state index in [-0.39, 0.29) is 0 Å². The Morgan fingerprint density at radius 3 is 2.58 bits per heavy atom. The average Bonchev–Trinajstić information content (AvgIpc) is 2.41. The second kappa shape index (κ2) is 5.25. The summed E-state index contributed by atoms with van der Waals surface area (Å²) in [5.74, 6) is -2.42. The average molecular weight is 285 g/mol. The van der Waals surface area contributed by atoms with Gasteiger partial charge in [0.1, 0.15) is 16.5 Å². The molecule has 0 bridgehead atoms. The van der Waals surface area contributed by atoms with Gasteiger partial charge in [0, 0.05) is 0 Å². The highest BCUT2D eigenvalue weighted by Crippen LogP contribution is 2.33. The van der Waals surface area contributed by atoms with Crippen molar-refractivity contribution in [3.05, 3.63) is 29.8 Å². The van der Waals surface area contributed by atoms with Crippen LogP contribution in [0.25, 0.3) is 0 Å². The van der Waals surface area contributed by atoms with Gasteiger partial charge in [-0.25, -0.2) is 17.2 Å². The van der Waals surface area contributed by atoms with Crippen molar-refractivity contribution in [3.63, 3.8) is 0 Å². The number of hydrogen-bond donors (Lipinski definition) is 0. The van der Waals surface area contributed by atoms with Crippen molar-refractivity contribution < 1.29 is 17.2 Å². The summed E-state index contributed by atoms with van der Waals surface area (Å²) in [7, 11) is -4.01. The fourth-order valence-electron chi connectivity index (χ4n) is 2.47. The molecule has 102 valence electrons. The zero-order valence-corrected chi connectivity index (χ0v) is 11.0. The van der Waals surface area contributed by atoms with Gasteiger partial charge in [-0.15, -0.1) is 0 Å². The van der Waals surface area contributed by atoms with Crippen LogP contribution in [0.5, 0.6) is 0 Å². The molecule has 0 heterocycles. The van der Waals surface area contributed by atoms with E-state index in [0.717, 1.165) is 18.6 Å². The SMILES string of the molecule is N#CC1CCCCC1S(=O)(=O)c1cc(F)ccc1F. The molecule has 1 fully saturated rings. The van der Waals surface area contributed by atoms with Gasteiger partial charge in [0.05, 0.1) is 17.2 Å². The van der Waals surface area contributed by atoms with Crippen molar-refractivity contribution in [3.8, 4) is 6.07 Å². The van der Waals surface area contributed by atoms with Crippen LogP contribution in [0.4, 0.5) is 8.78 Å². The molecule has 6 heteroatoms. The predicted molar refractivity (Wildman–Crippen MR) is 64.9 cm³/mol. The zero-order valence-electron chi connectivity index (χ0n) is 10.1. The maximum atomic E-state index is 13.6. The lowest BCUT2D eigenvalue weighted by Crippen LogP contribution is -2.32. The van der Waals surface area contributed by atoms with E-state index in [2.05, 4.69) is 0 Å². The third-order valence-electron chi connectivity index (χ3n) is 3.47. The summed E-state index contributed by atoms with van der Waals surface area (Å²) in [6, 6.07) is 4.33. The first-order valence-corrected chi connectivity index (χ1v) is 7.60. The van der Waals surface area contributed by atoms with E-state index in [1.807, 2.05) is 6.07 Å². The van der Waals surface area contributed by atoms with E-state index >= 15 is 0 Å². The topological polar surface area (TPSA) is 57.9 Å².